The van der Waals surface area contributed by atoms with E-state index in [1.165, 1.54) is 0 Å². The Morgan fingerprint density at radius 2 is 2.38 bits per heavy atom. The van der Waals surface area contributed by atoms with E-state index in [0.29, 0.717) is 0 Å². The average molecular weight is 180 g/mol. The standard InChI is InChI=1S/C10H12O3/c11-7-10(12)13-8-9-5-3-1-2-4-6-9/h1-3,5-6,11H,4,7-8H2. The molecule has 0 fully saturated rings. The first-order chi connectivity index (χ1) is 6.33. The largest absolute Gasteiger partial charge is 0.459 e. The Morgan fingerprint density at radius 1 is 1.54 bits per heavy atom. The number of rotatable bonds is 3. The summed E-state index contributed by atoms with van der Waals surface area (Å²) in [7, 11) is 0. The van der Waals surface area contributed by atoms with Crippen molar-refractivity contribution in [3.8, 4) is 0 Å². The normalized spacial score (nSPS) is 15.0. The van der Waals surface area contributed by atoms with E-state index in [0.717, 1.165) is 12.0 Å². The number of allylic oxidation sites excluding steroid dienone is 4. The van der Waals surface area contributed by atoms with Crippen LogP contribution in [-0.2, 0) is 9.53 Å². The number of aliphatic hydroxyl groups is 1. The number of carbonyl (C=O) groups is 1. The monoisotopic (exact) mass is 180 g/mol. The van der Waals surface area contributed by atoms with Gasteiger partial charge in [0, 0.05) is 0 Å². The second-order valence-electron chi connectivity index (χ2n) is 2.62. The quantitative estimate of drug-likeness (QED) is 0.658. The van der Waals surface area contributed by atoms with Crippen LogP contribution < -0.4 is 0 Å². The molecule has 0 aromatic heterocycles. The summed E-state index contributed by atoms with van der Waals surface area (Å²) in [5.74, 6) is -0.591. The van der Waals surface area contributed by atoms with Crippen LogP contribution >= 0.6 is 0 Å². The topological polar surface area (TPSA) is 46.5 Å². The van der Waals surface area contributed by atoms with Crippen molar-refractivity contribution < 1.29 is 14.6 Å². The third-order valence-corrected chi connectivity index (χ3v) is 1.60. The number of esters is 1. The van der Waals surface area contributed by atoms with Crippen LogP contribution in [-0.4, -0.2) is 24.3 Å². The number of hydrogen-bond acceptors (Lipinski definition) is 3. The Bertz CT molecular complexity index is 261. The molecule has 0 atom stereocenters. The van der Waals surface area contributed by atoms with Crippen LogP contribution in [0.4, 0.5) is 0 Å². The molecule has 1 aliphatic rings. The highest BCUT2D eigenvalue weighted by molar-refractivity contribution is 5.70. The van der Waals surface area contributed by atoms with E-state index in [2.05, 4.69) is 0 Å². The molecule has 0 spiro atoms. The Labute approximate surface area is 77.0 Å². The van der Waals surface area contributed by atoms with Gasteiger partial charge in [0.2, 0.25) is 0 Å². The minimum atomic E-state index is -0.591. The van der Waals surface area contributed by atoms with Gasteiger partial charge >= 0.3 is 5.97 Å². The molecule has 0 unspecified atom stereocenters. The maximum absolute atomic E-state index is 10.6. The summed E-state index contributed by atoms with van der Waals surface area (Å²) in [4.78, 5) is 10.6. The fourth-order valence-corrected chi connectivity index (χ4v) is 0.940. The van der Waals surface area contributed by atoms with Gasteiger partial charge in [-0.1, -0.05) is 30.4 Å². The smallest absolute Gasteiger partial charge is 0.332 e. The van der Waals surface area contributed by atoms with Gasteiger partial charge in [0.1, 0.15) is 13.2 Å². The van der Waals surface area contributed by atoms with Crippen LogP contribution in [0.3, 0.4) is 0 Å². The predicted molar refractivity (Wildman–Crippen MR) is 49.0 cm³/mol. The van der Waals surface area contributed by atoms with Gasteiger partial charge in [0.15, 0.2) is 0 Å². The number of ether oxygens (including phenoxy) is 1. The maximum atomic E-state index is 10.6. The molecule has 0 saturated carbocycles. The molecule has 1 N–H and O–H groups in total. The SMILES string of the molecule is O=C(CO)OCC1=CCC=CC=C1. The van der Waals surface area contributed by atoms with E-state index in [1.807, 2.05) is 30.4 Å². The van der Waals surface area contributed by atoms with Crippen molar-refractivity contribution in [2.75, 3.05) is 13.2 Å². The molecule has 0 saturated heterocycles. The zero-order valence-corrected chi connectivity index (χ0v) is 7.27. The third-order valence-electron chi connectivity index (χ3n) is 1.60. The highest BCUT2D eigenvalue weighted by Gasteiger charge is 2.00. The van der Waals surface area contributed by atoms with E-state index in [9.17, 15) is 4.79 Å². The van der Waals surface area contributed by atoms with Crippen LogP contribution in [0.5, 0.6) is 0 Å². The summed E-state index contributed by atoms with van der Waals surface area (Å²) in [5, 5.41) is 8.40. The fourth-order valence-electron chi connectivity index (χ4n) is 0.940. The lowest BCUT2D eigenvalue weighted by atomic mass is 10.2. The number of hydrogen-bond donors (Lipinski definition) is 1. The molecule has 0 amide bonds. The van der Waals surface area contributed by atoms with E-state index >= 15 is 0 Å². The van der Waals surface area contributed by atoms with Crippen LogP contribution in [0.25, 0.3) is 0 Å². The van der Waals surface area contributed by atoms with Crippen LogP contribution in [0.1, 0.15) is 6.42 Å². The molecule has 3 heteroatoms. The molecular weight excluding hydrogens is 168 g/mol. The first kappa shape index (κ1) is 9.74. The summed E-state index contributed by atoms with van der Waals surface area (Å²) < 4.78 is 4.75. The summed E-state index contributed by atoms with van der Waals surface area (Å²) in [6, 6.07) is 0. The van der Waals surface area contributed by atoms with Crippen molar-refractivity contribution in [1.82, 2.24) is 0 Å². The minimum absolute atomic E-state index is 0.234. The number of aliphatic hydroxyl groups excluding tert-OH is 1. The minimum Gasteiger partial charge on any atom is -0.459 e. The Balaban J connectivity index is 2.37. The lowest BCUT2D eigenvalue weighted by Crippen LogP contribution is -2.10. The van der Waals surface area contributed by atoms with Gasteiger partial charge < -0.3 is 9.84 Å². The van der Waals surface area contributed by atoms with Gasteiger partial charge in [-0.15, -0.1) is 0 Å². The van der Waals surface area contributed by atoms with Gasteiger partial charge in [0.25, 0.3) is 0 Å². The first-order valence-electron chi connectivity index (χ1n) is 4.11. The molecule has 1 rings (SSSR count). The molecule has 1 aliphatic carbocycles. The van der Waals surface area contributed by atoms with Crippen LogP contribution in [0.2, 0.25) is 0 Å². The zero-order valence-electron chi connectivity index (χ0n) is 7.27. The molecule has 3 nitrogen and oxygen atoms in total. The predicted octanol–water partition coefficient (Wildman–Crippen LogP) is 0.964. The van der Waals surface area contributed by atoms with Gasteiger partial charge in [-0.05, 0) is 12.0 Å². The van der Waals surface area contributed by atoms with Crippen LogP contribution in [0, 0.1) is 0 Å². The van der Waals surface area contributed by atoms with Crippen molar-refractivity contribution in [1.29, 1.82) is 0 Å². The van der Waals surface area contributed by atoms with Gasteiger partial charge in [-0.3, -0.25) is 0 Å². The molecule has 13 heavy (non-hydrogen) atoms. The second-order valence-corrected chi connectivity index (χ2v) is 2.62. The van der Waals surface area contributed by atoms with E-state index < -0.39 is 12.6 Å². The first-order valence-corrected chi connectivity index (χ1v) is 4.11. The van der Waals surface area contributed by atoms with E-state index in [-0.39, 0.29) is 6.61 Å². The Kier molecular flexibility index (Phi) is 3.99. The summed E-state index contributed by atoms with van der Waals surface area (Å²) >= 11 is 0. The van der Waals surface area contributed by atoms with Crippen LogP contribution in [0.15, 0.2) is 36.0 Å². The highest BCUT2D eigenvalue weighted by Crippen LogP contribution is 2.05. The fraction of sp³-hybridized carbons (Fsp3) is 0.300. The molecule has 0 aromatic carbocycles. The third kappa shape index (κ3) is 3.71. The van der Waals surface area contributed by atoms with Crippen molar-refractivity contribution >= 4 is 5.97 Å². The highest BCUT2D eigenvalue weighted by atomic mass is 16.5. The van der Waals surface area contributed by atoms with Gasteiger partial charge in [-0.2, -0.15) is 0 Å². The van der Waals surface area contributed by atoms with Crippen molar-refractivity contribution in [3.63, 3.8) is 0 Å². The Morgan fingerprint density at radius 3 is 3.15 bits per heavy atom. The molecule has 0 bridgehead atoms. The molecule has 0 heterocycles. The average Bonchev–Trinajstić information content (AvgIpc) is 2.42. The van der Waals surface area contributed by atoms with E-state index in [1.54, 1.807) is 0 Å². The maximum Gasteiger partial charge on any atom is 0.332 e. The molecular formula is C10H12O3. The zero-order chi connectivity index (χ0) is 9.52. The summed E-state index contributed by atoms with van der Waals surface area (Å²) in [5.41, 5.74) is 0.951. The molecule has 0 radical (unpaired) electrons. The van der Waals surface area contributed by atoms with Gasteiger partial charge in [0.05, 0.1) is 0 Å². The summed E-state index contributed by atoms with van der Waals surface area (Å²) in [6.07, 6.45) is 10.6. The van der Waals surface area contributed by atoms with Crippen molar-refractivity contribution in [2.45, 2.75) is 6.42 Å². The molecule has 70 valence electrons. The lowest BCUT2D eigenvalue weighted by Gasteiger charge is -2.02. The van der Waals surface area contributed by atoms with Crippen molar-refractivity contribution in [2.24, 2.45) is 0 Å². The Hall–Kier alpha value is -1.35. The van der Waals surface area contributed by atoms with Crippen molar-refractivity contribution in [3.05, 3.63) is 36.0 Å². The summed E-state index contributed by atoms with van der Waals surface area (Å²) in [6.45, 7) is -0.327. The van der Waals surface area contributed by atoms with E-state index in [4.69, 9.17) is 9.84 Å². The second kappa shape index (κ2) is 5.32. The molecule has 0 aromatic rings. The van der Waals surface area contributed by atoms with Gasteiger partial charge in [-0.25, -0.2) is 4.79 Å². The lowest BCUT2D eigenvalue weighted by molar-refractivity contribution is -0.145. The molecule has 0 aliphatic heterocycles. The number of carbonyl (C=O) groups excluding carboxylic acids is 1.